The van der Waals surface area contributed by atoms with Crippen LogP contribution in [0, 0.1) is 0 Å². The van der Waals surface area contributed by atoms with Crippen LogP contribution in [0.5, 0.6) is 0 Å². The molecule has 0 aliphatic rings. The highest BCUT2D eigenvalue weighted by molar-refractivity contribution is 7.15. The zero-order valence-corrected chi connectivity index (χ0v) is 12.3. The lowest BCUT2D eigenvalue weighted by atomic mass is 10.3. The van der Waals surface area contributed by atoms with E-state index in [0.29, 0.717) is 9.88 Å². The third-order valence-corrected chi connectivity index (χ3v) is 4.59. The van der Waals surface area contributed by atoms with Crippen molar-refractivity contribution in [3.63, 3.8) is 0 Å². The van der Waals surface area contributed by atoms with Gasteiger partial charge in [-0.1, -0.05) is 0 Å². The molecule has 2 N–H and O–H groups in total. The van der Waals surface area contributed by atoms with Gasteiger partial charge in [0, 0.05) is 12.4 Å². The molecule has 0 bridgehead atoms. The summed E-state index contributed by atoms with van der Waals surface area (Å²) in [6, 6.07) is 7.08. The van der Waals surface area contributed by atoms with Gasteiger partial charge >= 0.3 is 5.97 Å². The van der Waals surface area contributed by atoms with Gasteiger partial charge in [-0.15, -0.1) is 22.7 Å². The van der Waals surface area contributed by atoms with Crippen molar-refractivity contribution in [2.45, 2.75) is 0 Å². The fraction of sp³-hybridized carbons (Fsp3) is 0. The predicted molar refractivity (Wildman–Crippen MR) is 82.9 cm³/mol. The van der Waals surface area contributed by atoms with Gasteiger partial charge in [0.15, 0.2) is 0 Å². The number of rotatable bonds is 4. The maximum Gasteiger partial charge on any atom is 0.338 e. The van der Waals surface area contributed by atoms with Crippen LogP contribution in [0.4, 0.5) is 5.00 Å². The predicted octanol–water partition coefficient (Wildman–Crippen LogP) is 3.55. The Labute approximate surface area is 128 Å². The van der Waals surface area contributed by atoms with E-state index in [-0.39, 0.29) is 11.5 Å². The van der Waals surface area contributed by atoms with E-state index in [4.69, 9.17) is 5.11 Å². The summed E-state index contributed by atoms with van der Waals surface area (Å²) >= 11 is 2.51. The van der Waals surface area contributed by atoms with Crippen molar-refractivity contribution in [3.8, 4) is 5.69 Å². The van der Waals surface area contributed by atoms with Crippen molar-refractivity contribution in [1.29, 1.82) is 0 Å². The second-order valence-electron chi connectivity index (χ2n) is 4.15. The number of anilines is 1. The SMILES string of the molecule is O=C(O)c1ccsc1NC(=O)c1sccc1-n1cccc1. The van der Waals surface area contributed by atoms with Crippen molar-refractivity contribution in [2.75, 3.05) is 5.32 Å². The van der Waals surface area contributed by atoms with Gasteiger partial charge in [-0.3, -0.25) is 4.79 Å². The monoisotopic (exact) mass is 318 g/mol. The molecule has 0 saturated heterocycles. The van der Waals surface area contributed by atoms with Gasteiger partial charge < -0.3 is 15.0 Å². The van der Waals surface area contributed by atoms with Crippen LogP contribution in [-0.4, -0.2) is 21.6 Å². The normalized spacial score (nSPS) is 10.5. The number of carbonyl (C=O) groups is 2. The molecule has 0 saturated carbocycles. The van der Waals surface area contributed by atoms with Crippen LogP contribution >= 0.6 is 22.7 Å². The molecule has 106 valence electrons. The first-order chi connectivity index (χ1) is 10.2. The lowest BCUT2D eigenvalue weighted by Crippen LogP contribution is -2.13. The number of carboxylic acid groups (broad SMARTS) is 1. The topological polar surface area (TPSA) is 71.3 Å². The fourth-order valence-corrected chi connectivity index (χ4v) is 3.46. The first kappa shape index (κ1) is 13.6. The summed E-state index contributed by atoms with van der Waals surface area (Å²) in [5.41, 5.74) is 0.878. The molecule has 0 aliphatic heterocycles. The maximum absolute atomic E-state index is 12.4. The number of hydrogen-bond donors (Lipinski definition) is 2. The van der Waals surface area contributed by atoms with Gasteiger partial charge in [0.1, 0.15) is 9.88 Å². The van der Waals surface area contributed by atoms with Crippen LogP contribution in [0.1, 0.15) is 20.0 Å². The van der Waals surface area contributed by atoms with Gasteiger partial charge in [-0.2, -0.15) is 0 Å². The van der Waals surface area contributed by atoms with E-state index in [0.717, 1.165) is 5.69 Å². The van der Waals surface area contributed by atoms with Crippen LogP contribution in [0.2, 0.25) is 0 Å². The van der Waals surface area contributed by atoms with E-state index < -0.39 is 5.97 Å². The third-order valence-electron chi connectivity index (χ3n) is 2.86. The van der Waals surface area contributed by atoms with E-state index >= 15 is 0 Å². The van der Waals surface area contributed by atoms with E-state index in [2.05, 4.69) is 5.32 Å². The Morgan fingerprint density at radius 2 is 1.81 bits per heavy atom. The van der Waals surface area contributed by atoms with Crippen molar-refractivity contribution in [3.05, 3.63) is 57.9 Å². The van der Waals surface area contributed by atoms with Crippen LogP contribution in [0.15, 0.2) is 47.4 Å². The van der Waals surface area contributed by atoms with E-state index in [9.17, 15) is 9.59 Å². The molecule has 7 heteroatoms. The van der Waals surface area contributed by atoms with Gasteiger partial charge in [-0.05, 0) is 35.0 Å². The summed E-state index contributed by atoms with van der Waals surface area (Å²) in [7, 11) is 0. The van der Waals surface area contributed by atoms with E-state index in [1.165, 1.54) is 28.7 Å². The zero-order chi connectivity index (χ0) is 14.8. The van der Waals surface area contributed by atoms with Gasteiger partial charge in [0.25, 0.3) is 5.91 Å². The second-order valence-corrected chi connectivity index (χ2v) is 5.98. The lowest BCUT2D eigenvalue weighted by molar-refractivity contribution is 0.0698. The lowest BCUT2D eigenvalue weighted by Gasteiger charge is -2.06. The number of carbonyl (C=O) groups excluding carboxylic acids is 1. The van der Waals surface area contributed by atoms with Crippen LogP contribution in [0.3, 0.4) is 0 Å². The molecule has 0 aromatic carbocycles. The summed E-state index contributed by atoms with van der Waals surface area (Å²) in [6.07, 6.45) is 3.71. The molecule has 21 heavy (non-hydrogen) atoms. The molecule has 0 unspecified atom stereocenters. The number of nitrogens with one attached hydrogen (secondary N) is 1. The van der Waals surface area contributed by atoms with E-state index in [1.807, 2.05) is 40.5 Å². The summed E-state index contributed by atoms with van der Waals surface area (Å²) in [5, 5.41) is 15.5. The highest BCUT2D eigenvalue weighted by atomic mass is 32.1. The Hall–Kier alpha value is -2.38. The number of thiophene rings is 2. The van der Waals surface area contributed by atoms with Gasteiger partial charge in [-0.25, -0.2) is 4.79 Å². The molecule has 0 aliphatic carbocycles. The smallest absolute Gasteiger partial charge is 0.338 e. The molecular formula is C14H10N2O3S2. The average molecular weight is 318 g/mol. The minimum Gasteiger partial charge on any atom is -0.478 e. The maximum atomic E-state index is 12.4. The second kappa shape index (κ2) is 5.55. The van der Waals surface area contributed by atoms with Crippen molar-refractivity contribution in [1.82, 2.24) is 4.57 Å². The molecule has 3 aromatic rings. The average Bonchev–Trinajstić information content (AvgIpc) is 3.19. The van der Waals surface area contributed by atoms with Crippen LogP contribution < -0.4 is 5.32 Å². The minimum atomic E-state index is -1.05. The number of amides is 1. The molecule has 0 spiro atoms. The van der Waals surface area contributed by atoms with Crippen molar-refractivity contribution >= 4 is 39.6 Å². The summed E-state index contributed by atoms with van der Waals surface area (Å²) in [5.74, 6) is -1.36. The molecule has 0 fully saturated rings. The zero-order valence-electron chi connectivity index (χ0n) is 10.6. The summed E-state index contributed by atoms with van der Waals surface area (Å²) in [4.78, 5) is 24.0. The van der Waals surface area contributed by atoms with Crippen LogP contribution in [0.25, 0.3) is 5.69 Å². The number of carboxylic acids is 1. The highest BCUT2D eigenvalue weighted by Gasteiger charge is 2.18. The van der Waals surface area contributed by atoms with E-state index in [1.54, 1.807) is 5.38 Å². The molecule has 0 radical (unpaired) electrons. The molecule has 1 amide bonds. The van der Waals surface area contributed by atoms with Crippen molar-refractivity contribution < 1.29 is 14.7 Å². The number of aromatic carboxylic acids is 1. The number of aromatic nitrogens is 1. The Balaban J connectivity index is 1.89. The fourth-order valence-electron chi connectivity index (χ4n) is 1.91. The first-order valence-electron chi connectivity index (χ1n) is 6.00. The van der Waals surface area contributed by atoms with Gasteiger partial charge in [0.05, 0.1) is 11.3 Å². The number of hydrogen-bond acceptors (Lipinski definition) is 4. The molecular weight excluding hydrogens is 308 g/mol. The Kier molecular flexibility index (Phi) is 3.59. The Morgan fingerprint density at radius 3 is 2.52 bits per heavy atom. The Morgan fingerprint density at radius 1 is 1.10 bits per heavy atom. The molecule has 5 nitrogen and oxygen atoms in total. The molecule has 3 aromatic heterocycles. The quantitative estimate of drug-likeness (QED) is 0.773. The highest BCUT2D eigenvalue weighted by Crippen LogP contribution is 2.27. The summed E-state index contributed by atoms with van der Waals surface area (Å²) < 4.78 is 1.85. The third kappa shape index (κ3) is 2.61. The Bertz CT molecular complexity index is 787. The number of nitrogens with zero attached hydrogens (tertiary/aromatic N) is 1. The first-order valence-corrected chi connectivity index (χ1v) is 7.75. The summed E-state index contributed by atoms with van der Waals surface area (Å²) in [6.45, 7) is 0. The largest absolute Gasteiger partial charge is 0.478 e. The van der Waals surface area contributed by atoms with Gasteiger partial charge in [0.2, 0.25) is 0 Å². The minimum absolute atomic E-state index is 0.104. The standard InChI is InChI=1S/C14H10N2O3S2/c17-12(15-13-9(14(18)19)3-7-21-13)11-10(4-8-20-11)16-5-1-2-6-16/h1-8H,(H,15,17)(H,18,19). The molecule has 3 rings (SSSR count). The van der Waals surface area contributed by atoms with Crippen LogP contribution in [-0.2, 0) is 0 Å². The van der Waals surface area contributed by atoms with Crippen molar-refractivity contribution in [2.24, 2.45) is 0 Å². The molecule has 0 atom stereocenters. The molecule has 3 heterocycles.